The lowest BCUT2D eigenvalue weighted by Gasteiger charge is -2.35. The molecule has 1 aliphatic heterocycles. The number of hydrogen-bond donors (Lipinski definition) is 1. The van der Waals surface area contributed by atoms with E-state index in [-0.39, 0.29) is 17.2 Å². The highest BCUT2D eigenvalue weighted by Gasteiger charge is 2.27. The Morgan fingerprint density at radius 1 is 1.14 bits per heavy atom. The molecule has 0 spiro atoms. The molecular formula is C16H23N3O2S. The van der Waals surface area contributed by atoms with E-state index >= 15 is 0 Å². The fourth-order valence-electron chi connectivity index (χ4n) is 2.40. The molecule has 3 amide bonds. The van der Waals surface area contributed by atoms with Crippen molar-refractivity contribution in [3.05, 3.63) is 30.3 Å². The van der Waals surface area contributed by atoms with Crippen molar-refractivity contribution in [3.63, 3.8) is 0 Å². The third-order valence-corrected chi connectivity index (χ3v) is 4.71. The molecule has 1 fully saturated rings. The zero-order valence-electron chi connectivity index (χ0n) is 13.1. The zero-order valence-corrected chi connectivity index (χ0v) is 13.9. The molecule has 120 valence electrons. The van der Waals surface area contributed by atoms with Crippen LogP contribution < -0.4 is 5.32 Å². The third-order valence-electron chi connectivity index (χ3n) is 3.61. The molecule has 1 saturated heterocycles. The van der Waals surface area contributed by atoms with Gasteiger partial charge in [-0.3, -0.25) is 4.79 Å². The van der Waals surface area contributed by atoms with Gasteiger partial charge in [0.15, 0.2) is 0 Å². The number of amides is 3. The predicted octanol–water partition coefficient (Wildman–Crippen LogP) is 2.04. The van der Waals surface area contributed by atoms with Gasteiger partial charge in [0.05, 0.1) is 5.25 Å². The summed E-state index contributed by atoms with van der Waals surface area (Å²) in [5.74, 6) is 0.143. The van der Waals surface area contributed by atoms with Crippen molar-refractivity contribution in [1.29, 1.82) is 0 Å². The topological polar surface area (TPSA) is 52.7 Å². The molecule has 0 bridgehead atoms. The second-order valence-electron chi connectivity index (χ2n) is 5.22. The maximum Gasteiger partial charge on any atom is 0.317 e. The van der Waals surface area contributed by atoms with E-state index in [4.69, 9.17) is 0 Å². The Hall–Kier alpha value is -1.69. The van der Waals surface area contributed by atoms with Crippen molar-refractivity contribution < 1.29 is 9.59 Å². The molecule has 0 saturated carbocycles. The summed E-state index contributed by atoms with van der Waals surface area (Å²) in [4.78, 5) is 29.0. The molecule has 0 aliphatic carbocycles. The molecule has 1 aromatic carbocycles. The Balaban J connectivity index is 1.83. The molecule has 1 atom stereocenters. The molecule has 0 aromatic heterocycles. The Morgan fingerprint density at radius 3 is 2.32 bits per heavy atom. The summed E-state index contributed by atoms with van der Waals surface area (Å²) in [7, 11) is 0. The van der Waals surface area contributed by atoms with Gasteiger partial charge in [-0.05, 0) is 26.0 Å². The fraction of sp³-hybridized carbons (Fsp3) is 0.500. The van der Waals surface area contributed by atoms with Gasteiger partial charge in [0, 0.05) is 37.6 Å². The van der Waals surface area contributed by atoms with Gasteiger partial charge in [-0.25, -0.2) is 4.79 Å². The molecule has 0 radical (unpaired) electrons. The number of rotatable bonds is 4. The van der Waals surface area contributed by atoms with Crippen LogP contribution in [0.4, 0.5) is 4.79 Å². The molecule has 22 heavy (non-hydrogen) atoms. The van der Waals surface area contributed by atoms with Crippen molar-refractivity contribution in [2.24, 2.45) is 0 Å². The van der Waals surface area contributed by atoms with Crippen LogP contribution in [0.15, 0.2) is 35.2 Å². The monoisotopic (exact) mass is 321 g/mol. The zero-order chi connectivity index (χ0) is 15.9. The molecule has 1 unspecified atom stereocenters. The van der Waals surface area contributed by atoms with Crippen LogP contribution in [-0.2, 0) is 4.79 Å². The fourth-order valence-corrected chi connectivity index (χ4v) is 3.38. The van der Waals surface area contributed by atoms with Gasteiger partial charge in [-0.2, -0.15) is 0 Å². The van der Waals surface area contributed by atoms with Crippen LogP contribution in [0.2, 0.25) is 0 Å². The predicted molar refractivity (Wildman–Crippen MR) is 89.0 cm³/mol. The summed E-state index contributed by atoms with van der Waals surface area (Å²) in [6.45, 7) is 6.88. The largest absolute Gasteiger partial charge is 0.338 e. The van der Waals surface area contributed by atoms with E-state index in [1.165, 1.54) is 0 Å². The van der Waals surface area contributed by atoms with Crippen LogP contribution in [0.3, 0.4) is 0 Å². The van der Waals surface area contributed by atoms with Gasteiger partial charge >= 0.3 is 6.03 Å². The molecule has 1 aromatic rings. The summed E-state index contributed by atoms with van der Waals surface area (Å²) < 4.78 is 0. The average molecular weight is 321 g/mol. The number of urea groups is 1. The highest BCUT2D eigenvalue weighted by Crippen LogP contribution is 2.24. The van der Waals surface area contributed by atoms with E-state index in [1.54, 1.807) is 16.7 Å². The SMILES string of the molecule is CCNC(=O)N1CCN(C(=O)C(C)Sc2ccccc2)CC1. The van der Waals surface area contributed by atoms with E-state index in [9.17, 15) is 9.59 Å². The summed E-state index contributed by atoms with van der Waals surface area (Å²) in [5.41, 5.74) is 0. The van der Waals surface area contributed by atoms with Crippen molar-refractivity contribution >= 4 is 23.7 Å². The lowest BCUT2D eigenvalue weighted by molar-refractivity contribution is -0.131. The van der Waals surface area contributed by atoms with Crippen molar-refractivity contribution in [2.75, 3.05) is 32.7 Å². The van der Waals surface area contributed by atoms with Gasteiger partial charge in [0.25, 0.3) is 0 Å². The molecule has 6 heteroatoms. The molecule has 1 N–H and O–H groups in total. The number of nitrogens with zero attached hydrogens (tertiary/aromatic N) is 2. The minimum absolute atomic E-state index is 0.0405. The summed E-state index contributed by atoms with van der Waals surface area (Å²) >= 11 is 1.58. The number of carbonyl (C=O) groups is 2. The lowest BCUT2D eigenvalue weighted by Crippen LogP contribution is -2.54. The number of thioether (sulfide) groups is 1. The standard InChI is InChI=1S/C16H23N3O2S/c1-3-17-16(21)19-11-9-18(10-12-19)15(20)13(2)22-14-7-5-4-6-8-14/h4-8,13H,3,9-12H2,1-2H3,(H,17,21). The van der Waals surface area contributed by atoms with Gasteiger partial charge in [-0.15, -0.1) is 11.8 Å². The third kappa shape index (κ3) is 4.40. The van der Waals surface area contributed by atoms with Crippen LogP contribution in [0.1, 0.15) is 13.8 Å². The van der Waals surface area contributed by atoms with E-state index in [2.05, 4.69) is 5.32 Å². The van der Waals surface area contributed by atoms with Gasteiger partial charge in [-0.1, -0.05) is 18.2 Å². The van der Waals surface area contributed by atoms with Crippen molar-refractivity contribution in [3.8, 4) is 0 Å². The van der Waals surface area contributed by atoms with E-state index in [0.29, 0.717) is 32.7 Å². The first-order valence-corrected chi connectivity index (χ1v) is 8.53. The van der Waals surface area contributed by atoms with E-state index in [1.807, 2.05) is 49.1 Å². The first-order chi connectivity index (χ1) is 10.6. The lowest BCUT2D eigenvalue weighted by atomic mass is 10.3. The van der Waals surface area contributed by atoms with Gasteiger partial charge in [0.1, 0.15) is 0 Å². The summed E-state index contributed by atoms with van der Waals surface area (Å²) in [6.07, 6.45) is 0. The normalized spacial score (nSPS) is 16.3. The van der Waals surface area contributed by atoms with Crippen LogP contribution >= 0.6 is 11.8 Å². The van der Waals surface area contributed by atoms with Gasteiger partial charge in [0.2, 0.25) is 5.91 Å². The number of hydrogen-bond acceptors (Lipinski definition) is 3. The van der Waals surface area contributed by atoms with E-state index < -0.39 is 0 Å². The highest BCUT2D eigenvalue weighted by molar-refractivity contribution is 8.00. The average Bonchev–Trinajstić information content (AvgIpc) is 2.55. The van der Waals surface area contributed by atoms with Crippen molar-refractivity contribution in [1.82, 2.24) is 15.1 Å². The second kappa shape index (κ2) is 8.08. The molecular weight excluding hydrogens is 298 g/mol. The minimum atomic E-state index is -0.113. The summed E-state index contributed by atoms with van der Waals surface area (Å²) in [6, 6.07) is 9.91. The molecule has 2 rings (SSSR count). The van der Waals surface area contributed by atoms with E-state index in [0.717, 1.165) is 4.90 Å². The Kier molecular flexibility index (Phi) is 6.12. The maximum atomic E-state index is 12.5. The minimum Gasteiger partial charge on any atom is -0.338 e. The number of piperazine rings is 1. The van der Waals surface area contributed by atoms with Crippen molar-refractivity contribution in [2.45, 2.75) is 24.0 Å². The first kappa shape index (κ1) is 16.7. The van der Waals surface area contributed by atoms with Crippen LogP contribution in [0.25, 0.3) is 0 Å². The Morgan fingerprint density at radius 2 is 1.73 bits per heavy atom. The summed E-state index contributed by atoms with van der Waals surface area (Å²) in [5, 5.41) is 2.68. The van der Waals surface area contributed by atoms with Crippen LogP contribution in [-0.4, -0.2) is 59.7 Å². The molecule has 1 aliphatic rings. The smallest absolute Gasteiger partial charge is 0.317 e. The molecule has 5 nitrogen and oxygen atoms in total. The van der Waals surface area contributed by atoms with Crippen LogP contribution in [0.5, 0.6) is 0 Å². The number of carbonyl (C=O) groups excluding carboxylic acids is 2. The van der Waals surface area contributed by atoms with Crippen LogP contribution in [0, 0.1) is 0 Å². The second-order valence-corrected chi connectivity index (χ2v) is 6.64. The Bertz CT molecular complexity index is 501. The first-order valence-electron chi connectivity index (χ1n) is 7.65. The quantitative estimate of drug-likeness (QED) is 0.864. The Labute approximate surface area is 136 Å². The number of benzene rings is 1. The molecule has 1 heterocycles. The maximum absolute atomic E-state index is 12.5. The number of nitrogens with one attached hydrogen (secondary N) is 1. The highest BCUT2D eigenvalue weighted by atomic mass is 32.2. The van der Waals surface area contributed by atoms with Gasteiger partial charge < -0.3 is 15.1 Å².